The van der Waals surface area contributed by atoms with Crippen LogP contribution in [0, 0.1) is 10.1 Å². The highest BCUT2D eigenvalue weighted by atomic mass is 32.2. The van der Waals surface area contributed by atoms with Gasteiger partial charge in [0.15, 0.2) is 0 Å². The smallest absolute Gasteiger partial charge is 0.269 e. The van der Waals surface area contributed by atoms with E-state index in [2.05, 4.69) is 15.6 Å². The second-order valence-electron chi connectivity index (χ2n) is 9.68. The van der Waals surface area contributed by atoms with Crippen LogP contribution in [-0.2, 0) is 6.54 Å². The largest absolute Gasteiger partial charge is 0.362 e. The van der Waals surface area contributed by atoms with Gasteiger partial charge >= 0.3 is 0 Å². The van der Waals surface area contributed by atoms with E-state index < -0.39 is 0 Å². The summed E-state index contributed by atoms with van der Waals surface area (Å²) in [4.78, 5) is 28.0. The van der Waals surface area contributed by atoms with E-state index in [1.807, 2.05) is 67.5 Å². The lowest BCUT2D eigenvalue weighted by molar-refractivity contribution is -0.385. The molecule has 0 atom stereocenters. The average Bonchev–Trinajstić information content (AvgIpc) is 2.93. The lowest BCUT2D eigenvalue weighted by atomic mass is 9.91. The van der Waals surface area contributed by atoms with Crippen molar-refractivity contribution in [2.75, 3.05) is 24.3 Å². The van der Waals surface area contributed by atoms with Crippen LogP contribution >= 0.6 is 11.8 Å². The fourth-order valence-electron chi connectivity index (χ4n) is 4.78. The number of para-hydroxylation sites is 1. The Kier molecular flexibility index (Phi) is 8.00. The number of aromatic nitrogens is 3. The van der Waals surface area contributed by atoms with Crippen molar-refractivity contribution in [2.45, 2.75) is 54.2 Å². The molecule has 38 heavy (non-hydrogen) atoms. The van der Waals surface area contributed by atoms with Gasteiger partial charge < -0.3 is 15.5 Å². The number of nitro groups is 1. The number of hydrogen-bond acceptors (Lipinski definition) is 9. The summed E-state index contributed by atoms with van der Waals surface area (Å²) in [6.45, 7) is 0.569. The molecule has 2 N–H and O–H groups in total. The minimum atomic E-state index is -0.341. The average molecular weight is 530 g/mol. The predicted molar refractivity (Wildman–Crippen MR) is 152 cm³/mol. The number of non-ortho nitro benzene ring substituents is 1. The Morgan fingerprint density at radius 2 is 1.76 bits per heavy atom. The van der Waals surface area contributed by atoms with Crippen LogP contribution in [-0.4, -0.2) is 46.1 Å². The van der Waals surface area contributed by atoms with Gasteiger partial charge in [0.05, 0.1) is 10.4 Å². The van der Waals surface area contributed by atoms with E-state index in [1.165, 1.54) is 11.8 Å². The van der Waals surface area contributed by atoms with Gasteiger partial charge in [0.1, 0.15) is 10.8 Å². The van der Waals surface area contributed by atoms with Crippen molar-refractivity contribution in [3.05, 3.63) is 82.5 Å². The summed E-state index contributed by atoms with van der Waals surface area (Å²) in [5.41, 5.74) is 1.95. The predicted octanol–water partition coefficient (Wildman–Crippen LogP) is 5.66. The van der Waals surface area contributed by atoms with Gasteiger partial charge in [-0.2, -0.15) is 4.98 Å². The molecule has 0 unspecified atom stereocenters. The minimum absolute atomic E-state index is 0.104. The van der Waals surface area contributed by atoms with Crippen LogP contribution < -0.4 is 15.5 Å². The molecule has 10 heteroatoms. The minimum Gasteiger partial charge on any atom is -0.362 e. The molecule has 0 saturated heterocycles. The molecule has 1 saturated carbocycles. The highest BCUT2D eigenvalue weighted by Gasteiger charge is 2.23. The van der Waals surface area contributed by atoms with Crippen molar-refractivity contribution >= 4 is 40.1 Å². The van der Waals surface area contributed by atoms with Crippen LogP contribution in [0.4, 0.5) is 17.5 Å². The number of pyridine rings is 1. The number of nitro benzene ring substituents is 1. The highest BCUT2D eigenvalue weighted by molar-refractivity contribution is 7.99. The molecule has 9 nitrogen and oxygen atoms in total. The second kappa shape index (κ2) is 11.7. The van der Waals surface area contributed by atoms with Gasteiger partial charge in [-0.3, -0.25) is 10.1 Å². The van der Waals surface area contributed by atoms with E-state index in [-0.39, 0.29) is 10.6 Å². The van der Waals surface area contributed by atoms with Crippen LogP contribution in [0.1, 0.15) is 31.2 Å². The van der Waals surface area contributed by atoms with E-state index in [0.717, 1.165) is 57.9 Å². The van der Waals surface area contributed by atoms with Crippen LogP contribution in [0.2, 0.25) is 0 Å². The summed E-state index contributed by atoms with van der Waals surface area (Å²) in [7, 11) is 3.99. The van der Waals surface area contributed by atoms with Gasteiger partial charge in [-0.25, -0.2) is 9.97 Å². The van der Waals surface area contributed by atoms with Crippen molar-refractivity contribution < 1.29 is 4.92 Å². The summed E-state index contributed by atoms with van der Waals surface area (Å²) in [5, 5.41) is 20.5. The van der Waals surface area contributed by atoms with Crippen LogP contribution in [0.25, 0.3) is 10.9 Å². The molecular formula is C28H31N7O2S. The number of rotatable bonds is 9. The molecular weight excluding hydrogens is 498 g/mol. The molecule has 0 aliphatic heterocycles. The van der Waals surface area contributed by atoms with E-state index >= 15 is 0 Å². The summed E-state index contributed by atoms with van der Waals surface area (Å²) in [6.07, 6.45) is 5.75. The zero-order chi connectivity index (χ0) is 26.5. The first-order valence-corrected chi connectivity index (χ1v) is 13.6. The van der Waals surface area contributed by atoms with Gasteiger partial charge in [-0.1, -0.05) is 30.0 Å². The lowest BCUT2D eigenvalue weighted by Gasteiger charge is -2.30. The normalized spacial score (nSPS) is 17.3. The Labute approximate surface area is 226 Å². The van der Waals surface area contributed by atoms with Crippen LogP contribution in [0.3, 0.4) is 0 Å². The maximum absolute atomic E-state index is 11.4. The molecule has 0 bridgehead atoms. The Bertz CT molecular complexity index is 1410. The molecule has 0 amide bonds. The second-order valence-corrected chi connectivity index (χ2v) is 10.7. The Morgan fingerprint density at radius 1 is 1.00 bits per heavy atom. The topological polar surface area (TPSA) is 109 Å². The fourth-order valence-corrected chi connectivity index (χ4v) is 5.67. The zero-order valence-electron chi connectivity index (χ0n) is 21.5. The Balaban J connectivity index is 1.21. The molecule has 1 fully saturated rings. The quantitative estimate of drug-likeness (QED) is 0.210. The number of benzene rings is 2. The zero-order valence-corrected chi connectivity index (χ0v) is 22.3. The highest BCUT2D eigenvalue weighted by Crippen LogP contribution is 2.32. The van der Waals surface area contributed by atoms with E-state index in [9.17, 15) is 10.1 Å². The molecule has 2 aromatic carbocycles. The van der Waals surface area contributed by atoms with E-state index in [0.29, 0.717) is 24.6 Å². The first-order chi connectivity index (χ1) is 18.5. The molecule has 1 aliphatic rings. The number of fused-ring (bicyclic) bond motifs is 1. The van der Waals surface area contributed by atoms with E-state index in [1.54, 1.807) is 18.3 Å². The Morgan fingerprint density at radius 3 is 2.50 bits per heavy atom. The standard InChI is InChI=1S/C28H31N7O2S/c1-34(2)27-23-7-3-4-8-24(23)32-28(33-27)31-21-12-10-20(11-13-21)30-18-19-17-22(35(36)37)14-15-25(19)38-26-9-5-6-16-29-26/h3-9,14-17,20-21,30H,10-13,18H2,1-2H3,(H,31,32,33). The van der Waals surface area contributed by atoms with Crippen LogP contribution in [0.5, 0.6) is 0 Å². The molecule has 1 aliphatic carbocycles. The fraction of sp³-hybridized carbons (Fsp3) is 0.321. The molecule has 4 aromatic rings. The number of nitrogens with zero attached hydrogens (tertiary/aromatic N) is 5. The maximum atomic E-state index is 11.4. The summed E-state index contributed by atoms with van der Waals surface area (Å²) < 4.78 is 0. The molecule has 0 spiro atoms. The van der Waals surface area contributed by atoms with Crippen molar-refractivity contribution in [1.29, 1.82) is 0 Å². The molecule has 2 heterocycles. The van der Waals surface area contributed by atoms with Crippen LogP contribution in [0.15, 0.2) is 76.8 Å². The molecule has 2 aromatic heterocycles. The van der Waals surface area contributed by atoms with Gasteiger partial charge in [0.2, 0.25) is 5.95 Å². The van der Waals surface area contributed by atoms with Crippen molar-refractivity contribution in [3.8, 4) is 0 Å². The first kappa shape index (κ1) is 25.9. The first-order valence-electron chi connectivity index (χ1n) is 12.8. The van der Waals surface area contributed by atoms with Crippen molar-refractivity contribution in [1.82, 2.24) is 20.3 Å². The van der Waals surface area contributed by atoms with E-state index in [4.69, 9.17) is 9.97 Å². The van der Waals surface area contributed by atoms with Crippen molar-refractivity contribution in [2.24, 2.45) is 0 Å². The third-order valence-electron chi connectivity index (χ3n) is 6.76. The van der Waals surface area contributed by atoms with Gasteiger partial charge in [-0.15, -0.1) is 0 Å². The maximum Gasteiger partial charge on any atom is 0.269 e. The third kappa shape index (κ3) is 6.20. The SMILES string of the molecule is CN(C)c1nc(NC2CCC(NCc3cc([N+](=O)[O-])ccc3Sc3ccccn3)CC2)nc2ccccc12. The summed E-state index contributed by atoms with van der Waals surface area (Å²) >= 11 is 1.53. The summed E-state index contributed by atoms with van der Waals surface area (Å²) in [6, 6.07) is 19.5. The third-order valence-corrected chi connectivity index (χ3v) is 7.82. The number of anilines is 2. The van der Waals surface area contributed by atoms with Gasteiger partial charge in [-0.05, 0) is 61.6 Å². The monoisotopic (exact) mass is 529 g/mol. The summed E-state index contributed by atoms with van der Waals surface area (Å²) in [5.74, 6) is 1.57. The molecule has 0 radical (unpaired) electrons. The Hall–Kier alpha value is -3.76. The molecule has 5 rings (SSSR count). The number of nitrogens with one attached hydrogen (secondary N) is 2. The molecule has 196 valence electrons. The van der Waals surface area contributed by atoms with Crippen molar-refractivity contribution in [3.63, 3.8) is 0 Å². The van der Waals surface area contributed by atoms with Gasteiger partial charge in [0.25, 0.3) is 5.69 Å². The number of hydrogen-bond donors (Lipinski definition) is 2. The lowest BCUT2D eigenvalue weighted by Crippen LogP contribution is -2.37. The van der Waals surface area contributed by atoms with Gasteiger partial charge in [0, 0.05) is 61.3 Å².